The van der Waals surface area contributed by atoms with Crippen molar-refractivity contribution in [1.29, 1.82) is 0 Å². The van der Waals surface area contributed by atoms with E-state index >= 15 is 0 Å². The van der Waals surface area contributed by atoms with E-state index in [2.05, 4.69) is 5.32 Å². The number of carbonyl (C=O) groups is 1. The smallest absolute Gasteiger partial charge is 0.251 e. The first-order valence-corrected chi connectivity index (χ1v) is 7.70. The molecule has 0 bridgehead atoms. The van der Waals surface area contributed by atoms with Gasteiger partial charge in [0, 0.05) is 17.0 Å². The molecule has 2 rings (SSSR count). The molecule has 1 heterocycles. The average Bonchev–Trinajstić information content (AvgIpc) is 2.85. The fraction of sp³-hybridized carbons (Fsp3) is 0.267. The topological polar surface area (TPSA) is 55.1 Å². The Hall–Kier alpha value is -1.36. The van der Waals surface area contributed by atoms with Gasteiger partial charge in [0.1, 0.15) is 0 Å². The Bertz CT molecular complexity index is 566. The van der Waals surface area contributed by atoms with Crippen LogP contribution in [0.3, 0.4) is 0 Å². The molecule has 5 heteroatoms. The number of halogens is 1. The van der Waals surface area contributed by atoms with Crippen LogP contribution >= 0.6 is 22.9 Å². The van der Waals surface area contributed by atoms with Gasteiger partial charge in [0.05, 0.1) is 4.34 Å². The number of nitrogens with one attached hydrogen (secondary N) is 1. The van der Waals surface area contributed by atoms with Gasteiger partial charge in [-0.3, -0.25) is 4.79 Å². The van der Waals surface area contributed by atoms with Crippen LogP contribution in [0, 0.1) is 0 Å². The summed E-state index contributed by atoms with van der Waals surface area (Å²) in [4.78, 5) is 13.1. The van der Waals surface area contributed by atoms with Gasteiger partial charge >= 0.3 is 0 Å². The van der Waals surface area contributed by atoms with Gasteiger partial charge in [-0.15, -0.1) is 11.3 Å². The zero-order valence-corrected chi connectivity index (χ0v) is 12.6. The summed E-state index contributed by atoms with van der Waals surface area (Å²) >= 11 is 7.41. The lowest BCUT2D eigenvalue weighted by molar-refractivity contribution is 0.0954. The largest absolute Gasteiger partial charge is 0.352 e. The summed E-state index contributed by atoms with van der Waals surface area (Å²) in [5.41, 5.74) is 7.32. The Labute approximate surface area is 127 Å². The fourth-order valence-corrected chi connectivity index (χ4v) is 2.96. The van der Waals surface area contributed by atoms with Gasteiger partial charge in [0.25, 0.3) is 5.91 Å². The van der Waals surface area contributed by atoms with Crippen molar-refractivity contribution in [2.75, 3.05) is 13.1 Å². The van der Waals surface area contributed by atoms with Crippen molar-refractivity contribution in [3.05, 3.63) is 56.7 Å². The van der Waals surface area contributed by atoms with Crippen molar-refractivity contribution < 1.29 is 4.79 Å². The lowest BCUT2D eigenvalue weighted by Crippen LogP contribution is -2.25. The number of carbonyl (C=O) groups excluding carboxylic acids is 1. The van der Waals surface area contributed by atoms with Crippen LogP contribution in [0.15, 0.2) is 36.4 Å². The lowest BCUT2D eigenvalue weighted by atomic mass is 10.1. The molecule has 20 heavy (non-hydrogen) atoms. The van der Waals surface area contributed by atoms with Crippen LogP contribution in [0.4, 0.5) is 0 Å². The molecular weight excluding hydrogens is 292 g/mol. The molecule has 1 amide bonds. The Morgan fingerprint density at radius 2 is 1.90 bits per heavy atom. The molecule has 0 saturated heterocycles. The standard InChI is InChI=1S/C15H17ClN2OS/c16-14-6-5-13(20-14)8-10-18-15(19)12-3-1-11(2-4-12)7-9-17/h1-6H,7-10,17H2,(H,18,19). The molecule has 106 valence electrons. The summed E-state index contributed by atoms with van der Waals surface area (Å²) < 4.78 is 0.779. The summed E-state index contributed by atoms with van der Waals surface area (Å²) in [5.74, 6) is -0.0491. The van der Waals surface area contributed by atoms with Crippen molar-refractivity contribution >= 4 is 28.8 Å². The van der Waals surface area contributed by atoms with E-state index in [0.717, 1.165) is 22.7 Å². The maximum absolute atomic E-state index is 12.0. The maximum Gasteiger partial charge on any atom is 0.251 e. The van der Waals surface area contributed by atoms with E-state index in [1.807, 2.05) is 36.4 Å². The molecule has 0 fully saturated rings. The molecule has 2 aromatic rings. The summed E-state index contributed by atoms with van der Waals surface area (Å²) in [7, 11) is 0. The average molecular weight is 309 g/mol. The van der Waals surface area contributed by atoms with Crippen LogP contribution in [-0.2, 0) is 12.8 Å². The Balaban J connectivity index is 1.82. The van der Waals surface area contributed by atoms with Gasteiger partial charge in [0.2, 0.25) is 0 Å². The summed E-state index contributed by atoms with van der Waals surface area (Å²) in [6, 6.07) is 11.4. The Kier molecular flexibility index (Phi) is 5.59. The van der Waals surface area contributed by atoms with Gasteiger partial charge < -0.3 is 11.1 Å². The number of amides is 1. The number of nitrogens with two attached hydrogens (primary N) is 1. The van der Waals surface area contributed by atoms with Gasteiger partial charge in [0.15, 0.2) is 0 Å². The van der Waals surface area contributed by atoms with Crippen LogP contribution in [0.25, 0.3) is 0 Å². The first-order valence-electron chi connectivity index (χ1n) is 6.50. The normalized spacial score (nSPS) is 10.5. The summed E-state index contributed by atoms with van der Waals surface area (Å²) in [6.45, 7) is 1.23. The molecule has 0 aliphatic rings. The second-order valence-corrected chi connectivity index (χ2v) is 6.25. The van der Waals surface area contributed by atoms with Crippen LogP contribution in [0.1, 0.15) is 20.8 Å². The zero-order valence-electron chi connectivity index (χ0n) is 11.1. The van der Waals surface area contributed by atoms with E-state index < -0.39 is 0 Å². The van der Waals surface area contributed by atoms with Gasteiger partial charge in [-0.05, 0) is 49.2 Å². The van der Waals surface area contributed by atoms with E-state index in [0.29, 0.717) is 18.7 Å². The van der Waals surface area contributed by atoms with E-state index in [9.17, 15) is 4.79 Å². The molecule has 3 N–H and O–H groups in total. The van der Waals surface area contributed by atoms with E-state index in [1.165, 1.54) is 4.88 Å². The van der Waals surface area contributed by atoms with E-state index in [4.69, 9.17) is 17.3 Å². The van der Waals surface area contributed by atoms with E-state index in [-0.39, 0.29) is 5.91 Å². The highest BCUT2D eigenvalue weighted by atomic mass is 35.5. The molecule has 3 nitrogen and oxygen atoms in total. The highest BCUT2D eigenvalue weighted by Crippen LogP contribution is 2.21. The van der Waals surface area contributed by atoms with Crippen molar-refractivity contribution in [3.8, 4) is 0 Å². The first-order chi connectivity index (χ1) is 9.69. The lowest BCUT2D eigenvalue weighted by Gasteiger charge is -2.05. The predicted octanol–water partition coefficient (Wildman–Crippen LogP) is 2.88. The number of rotatable bonds is 6. The highest BCUT2D eigenvalue weighted by Gasteiger charge is 2.05. The second kappa shape index (κ2) is 7.43. The molecular formula is C15H17ClN2OS. The minimum absolute atomic E-state index is 0.0491. The molecule has 0 aliphatic carbocycles. The van der Waals surface area contributed by atoms with Crippen LogP contribution in [0.5, 0.6) is 0 Å². The fourth-order valence-electron chi connectivity index (χ4n) is 1.88. The Morgan fingerprint density at radius 1 is 1.15 bits per heavy atom. The third-order valence-corrected chi connectivity index (χ3v) is 4.23. The number of thiophene rings is 1. The highest BCUT2D eigenvalue weighted by molar-refractivity contribution is 7.16. The monoisotopic (exact) mass is 308 g/mol. The molecule has 0 spiro atoms. The summed E-state index contributed by atoms with van der Waals surface area (Å²) in [5, 5.41) is 2.91. The van der Waals surface area contributed by atoms with Crippen molar-refractivity contribution in [3.63, 3.8) is 0 Å². The second-order valence-electron chi connectivity index (χ2n) is 4.45. The number of hydrogen-bond donors (Lipinski definition) is 2. The molecule has 0 unspecified atom stereocenters. The molecule has 0 radical (unpaired) electrons. The molecule has 0 aliphatic heterocycles. The SMILES string of the molecule is NCCc1ccc(C(=O)NCCc2ccc(Cl)s2)cc1. The third kappa shape index (κ3) is 4.34. The van der Waals surface area contributed by atoms with E-state index in [1.54, 1.807) is 11.3 Å². The third-order valence-electron chi connectivity index (χ3n) is 2.93. The zero-order chi connectivity index (χ0) is 14.4. The quantitative estimate of drug-likeness (QED) is 0.862. The summed E-state index contributed by atoms with van der Waals surface area (Å²) in [6.07, 6.45) is 1.63. The van der Waals surface area contributed by atoms with Gasteiger partial charge in [-0.2, -0.15) is 0 Å². The Morgan fingerprint density at radius 3 is 2.50 bits per heavy atom. The number of hydrogen-bond acceptors (Lipinski definition) is 3. The molecule has 0 atom stereocenters. The predicted molar refractivity (Wildman–Crippen MR) is 84.6 cm³/mol. The molecule has 0 saturated carbocycles. The van der Waals surface area contributed by atoms with Crippen molar-refractivity contribution in [1.82, 2.24) is 5.32 Å². The van der Waals surface area contributed by atoms with Gasteiger partial charge in [-0.1, -0.05) is 23.7 Å². The minimum atomic E-state index is -0.0491. The molecule has 1 aromatic heterocycles. The first kappa shape index (κ1) is 15.0. The molecule has 1 aromatic carbocycles. The minimum Gasteiger partial charge on any atom is -0.352 e. The number of benzene rings is 1. The van der Waals surface area contributed by atoms with Crippen LogP contribution < -0.4 is 11.1 Å². The van der Waals surface area contributed by atoms with Gasteiger partial charge in [-0.25, -0.2) is 0 Å². The van der Waals surface area contributed by atoms with Crippen molar-refractivity contribution in [2.45, 2.75) is 12.8 Å². The van der Waals surface area contributed by atoms with Crippen LogP contribution in [-0.4, -0.2) is 19.0 Å². The van der Waals surface area contributed by atoms with Crippen LogP contribution in [0.2, 0.25) is 4.34 Å². The van der Waals surface area contributed by atoms with Crippen molar-refractivity contribution in [2.24, 2.45) is 5.73 Å². The maximum atomic E-state index is 12.0.